The van der Waals surface area contributed by atoms with Gasteiger partial charge >= 0.3 is 32.3 Å². The van der Waals surface area contributed by atoms with E-state index in [9.17, 15) is 29.5 Å². The van der Waals surface area contributed by atoms with E-state index in [2.05, 4.69) is 21.2 Å². The minimum absolute atomic E-state index is 0. The minimum Gasteiger partial charge on any atom is -0.508 e. The number of carbonyl (C=O) groups is 3. The fourth-order valence-electron chi connectivity index (χ4n) is 5.99. The first kappa shape index (κ1) is 54.8. The zero-order valence-electron chi connectivity index (χ0n) is 35.1. The third-order valence-corrected chi connectivity index (χ3v) is 9.20. The van der Waals surface area contributed by atoms with Crippen molar-refractivity contribution < 1.29 is 67.6 Å². The van der Waals surface area contributed by atoms with Gasteiger partial charge in [0.2, 0.25) is 0 Å². The van der Waals surface area contributed by atoms with Gasteiger partial charge in [-0.2, -0.15) is 0 Å². The number of phenols is 1. The number of alkyl carbamates (subject to hydrolysis) is 1. The van der Waals surface area contributed by atoms with E-state index in [0.29, 0.717) is 71.5 Å². The second-order valence-corrected chi connectivity index (χ2v) is 15.6. The molecule has 0 spiro atoms. The van der Waals surface area contributed by atoms with Gasteiger partial charge in [-0.1, -0.05) is 55.0 Å². The highest BCUT2D eigenvalue weighted by Gasteiger charge is 2.38. The molecule has 0 fully saturated rings. The molecule has 6 rings (SSSR count). The van der Waals surface area contributed by atoms with Crippen LogP contribution in [0.1, 0.15) is 91.6 Å². The number of benzene rings is 4. The molecule has 0 saturated heterocycles. The zero-order valence-corrected chi connectivity index (χ0v) is 36.7. The van der Waals surface area contributed by atoms with Gasteiger partial charge in [-0.05, 0) is 118 Å². The molecule has 19 heteroatoms. The number of rotatable bonds is 16. The molecule has 0 saturated carbocycles. The molecule has 2 heterocycles. The summed E-state index contributed by atoms with van der Waals surface area (Å²) in [5.74, 6) is 1.51. The first-order valence-corrected chi connectivity index (χ1v) is 21.1. The van der Waals surface area contributed by atoms with Crippen molar-refractivity contribution in [3.63, 3.8) is 0 Å². The fourth-order valence-corrected chi connectivity index (χ4v) is 6.27. The average molecular weight is 956 g/mol. The molecule has 4 aromatic carbocycles. The molecule has 16 nitrogen and oxygen atoms in total. The smallest absolute Gasteiger partial charge is 0.492 e. The van der Waals surface area contributed by atoms with Crippen molar-refractivity contribution in [2.75, 3.05) is 31.6 Å². The summed E-state index contributed by atoms with van der Waals surface area (Å²) >= 11 is 3.27. The van der Waals surface area contributed by atoms with Gasteiger partial charge in [0.25, 0.3) is 0 Å². The third-order valence-electron chi connectivity index (χ3n) is 8.64. The van der Waals surface area contributed by atoms with Crippen LogP contribution in [0.5, 0.6) is 34.5 Å². The Hall–Kier alpha value is -5.30. The number of carboxylic acids is 1. The second kappa shape index (κ2) is 27.1. The maximum Gasteiger partial charge on any atom is 0.492 e. The quantitative estimate of drug-likeness (QED) is 0.0290. The van der Waals surface area contributed by atoms with Gasteiger partial charge in [-0.25, -0.2) is 4.79 Å². The number of aliphatic carboxylic acids is 1. The Morgan fingerprint density at radius 3 is 1.83 bits per heavy atom. The molecule has 64 heavy (non-hydrogen) atoms. The van der Waals surface area contributed by atoms with Gasteiger partial charge < -0.3 is 64.3 Å². The van der Waals surface area contributed by atoms with Crippen LogP contribution in [0.15, 0.2) is 84.9 Å². The monoisotopic (exact) mass is 954 g/mol. The largest absolute Gasteiger partial charge is 0.508 e. The summed E-state index contributed by atoms with van der Waals surface area (Å²) in [6, 6.07) is 23.9. The summed E-state index contributed by atoms with van der Waals surface area (Å²) in [4.78, 5) is 33.5. The number of halogens is 1. The number of nitrogens with one attached hydrogen (secondary N) is 1. The topological polar surface area (TPSA) is 235 Å². The van der Waals surface area contributed by atoms with Gasteiger partial charge in [0.1, 0.15) is 40.1 Å². The number of amides is 1. The van der Waals surface area contributed by atoms with E-state index >= 15 is 0 Å². The lowest BCUT2D eigenvalue weighted by Crippen LogP contribution is -2.33. The predicted octanol–water partition coefficient (Wildman–Crippen LogP) is 6.90. The summed E-state index contributed by atoms with van der Waals surface area (Å²) in [5, 5.41) is 42.0. The van der Waals surface area contributed by atoms with Crippen LogP contribution in [0.3, 0.4) is 0 Å². The molecule has 0 bridgehead atoms. The molecule has 2 aliphatic heterocycles. The van der Waals surface area contributed by atoms with Crippen LogP contribution in [-0.4, -0.2) is 89.8 Å². The van der Waals surface area contributed by atoms with E-state index < -0.39 is 38.0 Å². The zero-order chi connectivity index (χ0) is 45.2. The Balaban J connectivity index is 0.000000346. The number of carboxylic acid groups (broad SMARTS) is 1. The number of fused-ring (bicyclic) bond motifs is 2. The van der Waals surface area contributed by atoms with Crippen LogP contribution in [0.25, 0.3) is 0 Å². The summed E-state index contributed by atoms with van der Waals surface area (Å²) in [6.45, 7) is 9.33. The number of esters is 1. The summed E-state index contributed by atoms with van der Waals surface area (Å²) in [5.41, 5.74) is 7.51. The van der Waals surface area contributed by atoms with Gasteiger partial charge in [0.05, 0.1) is 38.3 Å². The number of hydrogen-bond acceptors (Lipinski definition) is 14. The van der Waals surface area contributed by atoms with Gasteiger partial charge in [0.15, 0.2) is 0 Å². The second-order valence-electron chi connectivity index (χ2n) is 14.8. The van der Waals surface area contributed by atoms with Crippen LogP contribution < -0.4 is 36.2 Å². The molecule has 0 aromatic heterocycles. The Morgan fingerprint density at radius 2 is 1.31 bits per heavy atom. The molecule has 7 N–H and O–H groups in total. The Kier molecular flexibility index (Phi) is 23.2. The third kappa shape index (κ3) is 18.1. The molecular weight excluding hydrogens is 894 g/mol. The maximum absolute atomic E-state index is 11.6. The van der Waals surface area contributed by atoms with Crippen molar-refractivity contribution in [1.82, 2.24) is 5.32 Å². The number of ether oxygens (including phenoxy) is 5. The van der Waals surface area contributed by atoms with Gasteiger partial charge in [-0.3, -0.25) is 9.59 Å². The van der Waals surface area contributed by atoms with Crippen molar-refractivity contribution in [1.29, 1.82) is 0 Å². The number of alkyl halides is 1. The van der Waals surface area contributed by atoms with E-state index in [1.165, 1.54) is 6.07 Å². The average Bonchev–Trinajstić information content (AvgIpc) is 3.68. The minimum atomic E-state index is -1.16. The standard InChI is InChI=1S/C18H20BNO6.C17H17BO6.C8H16BrNO2.2CH4/c20-7-2-8-24-12-3-1-4-13(9-12)25-14-5-6-15-16(10-14)19(23)26-17(15)11-18(21)22;1-2-22-17(20)10-16-14-7-6-13(9-15(14)18(21)24-16)23-12-5-3-4-11(19)8-12;1-8(2,3)12-7(11)10-6-4-5-9;;/h1,3-6,9-10,17,23H,2,7-8,11,20H2,(H,21,22);3-9,16,19,21H,2,10H2,1H3;4-6H2,1-3H3,(H,10,11);2*1H4. The van der Waals surface area contributed by atoms with Crippen molar-refractivity contribution in [3.8, 4) is 34.5 Å². The van der Waals surface area contributed by atoms with Crippen molar-refractivity contribution in [2.24, 2.45) is 5.73 Å². The van der Waals surface area contributed by atoms with Gasteiger partial charge in [0, 0.05) is 24.0 Å². The lowest BCUT2D eigenvalue weighted by molar-refractivity contribution is -0.145. The molecule has 2 atom stereocenters. The van der Waals surface area contributed by atoms with Crippen molar-refractivity contribution in [3.05, 3.63) is 96.1 Å². The molecule has 2 aliphatic rings. The fraction of sp³-hybridized carbons (Fsp3) is 0.400. The number of hydrogen-bond donors (Lipinski definition) is 6. The van der Waals surface area contributed by atoms with Crippen LogP contribution in [0.4, 0.5) is 4.79 Å². The Morgan fingerprint density at radius 1 is 0.781 bits per heavy atom. The van der Waals surface area contributed by atoms with Gasteiger partial charge in [-0.15, -0.1) is 0 Å². The summed E-state index contributed by atoms with van der Waals surface area (Å²) in [6.07, 6.45) is -0.0140. The predicted molar refractivity (Wildman–Crippen MR) is 249 cm³/mol. The van der Waals surface area contributed by atoms with E-state index in [4.69, 9.17) is 43.8 Å². The highest BCUT2D eigenvalue weighted by Crippen LogP contribution is 2.33. The molecule has 2 unspecified atom stereocenters. The van der Waals surface area contributed by atoms with Crippen LogP contribution in [0.2, 0.25) is 0 Å². The highest BCUT2D eigenvalue weighted by molar-refractivity contribution is 9.09. The van der Waals surface area contributed by atoms with Crippen LogP contribution in [0, 0.1) is 0 Å². The summed E-state index contributed by atoms with van der Waals surface area (Å²) < 4.78 is 37.8. The first-order chi connectivity index (χ1) is 29.6. The molecule has 4 aromatic rings. The van der Waals surface area contributed by atoms with E-state index in [0.717, 1.165) is 23.7 Å². The summed E-state index contributed by atoms with van der Waals surface area (Å²) in [7, 11) is -2.28. The first-order valence-electron chi connectivity index (χ1n) is 20.0. The van der Waals surface area contributed by atoms with E-state index in [-0.39, 0.29) is 45.5 Å². The number of aromatic hydroxyl groups is 1. The van der Waals surface area contributed by atoms with Crippen LogP contribution in [-0.2, 0) is 28.4 Å². The maximum atomic E-state index is 11.6. The molecule has 348 valence electrons. The van der Waals surface area contributed by atoms with Crippen LogP contribution >= 0.6 is 15.9 Å². The van der Waals surface area contributed by atoms with Crippen molar-refractivity contribution >= 4 is 59.1 Å². The molecule has 0 radical (unpaired) electrons. The highest BCUT2D eigenvalue weighted by atomic mass is 79.9. The number of carbonyl (C=O) groups excluding carboxylic acids is 2. The number of phenolic OH excluding ortho intramolecular Hbond substituents is 1. The van der Waals surface area contributed by atoms with Crippen molar-refractivity contribution in [2.45, 2.75) is 86.0 Å². The van der Waals surface area contributed by atoms with E-state index in [1.54, 1.807) is 73.7 Å². The van der Waals surface area contributed by atoms with E-state index in [1.807, 2.05) is 32.9 Å². The number of nitrogens with two attached hydrogens (primary N) is 1. The lowest BCUT2D eigenvalue weighted by atomic mass is 9.79. The SMILES string of the molecule is C.C.CC(C)(C)OC(=O)NCCCBr.CCOC(=O)CC1OB(O)c2cc(Oc3cccc(O)c3)ccc21.NCCCOc1cccc(Oc2ccc3c(c2)B(O)OC3CC(=O)O)c1. The molecular formula is C45H61B2BrN2O14. The normalized spacial score (nSPS) is 14.4. The lowest BCUT2D eigenvalue weighted by Gasteiger charge is -2.19. The Bertz CT molecular complexity index is 2090. The molecule has 0 aliphatic carbocycles. The molecule has 1 amide bonds. The Labute approximate surface area is 384 Å².